The van der Waals surface area contributed by atoms with Crippen LogP contribution in [0.15, 0.2) is 30.3 Å². The van der Waals surface area contributed by atoms with Crippen LogP contribution in [-0.4, -0.2) is 31.1 Å². The van der Waals surface area contributed by atoms with E-state index < -0.39 is 11.6 Å². The number of fused-ring (bicyclic) bond motifs is 2. The van der Waals surface area contributed by atoms with Gasteiger partial charge in [-0.15, -0.1) is 5.10 Å². The highest BCUT2D eigenvalue weighted by molar-refractivity contribution is 5.82. The van der Waals surface area contributed by atoms with Crippen LogP contribution in [0.1, 0.15) is 43.1 Å². The number of carbonyl (C=O) groups is 1. The first-order valence-corrected chi connectivity index (χ1v) is 7.63. The lowest BCUT2D eigenvalue weighted by Gasteiger charge is -2.42. The van der Waals surface area contributed by atoms with Crippen molar-refractivity contribution < 1.29 is 4.79 Å². The fourth-order valence-corrected chi connectivity index (χ4v) is 3.73. The van der Waals surface area contributed by atoms with Gasteiger partial charge in [-0.3, -0.25) is 9.80 Å². The van der Waals surface area contributed by atoms with Crippen LogP contribution in [0.5, 0.6) is 0 Å². The molecule has 0 unspecified atom stereocenters. The van der Waals surface area contributed by atoms with E-state index >= 15 is 0 Å². The highest BCUT2D eigenvalue weighted by atomic mass is 16.2. The Labute approximate surface area is 128 Å². The Hall–Kier alpha value is -2.28. The van der Waals surface area contributed by atoms with E-state index in [0.29, 0.717) is 6.42 Å². The van der Waals surface area contributed by atoms with Gasteiger partial charge in [0.05, 0.1) is 0 Å². The number of hydrazine groups is 1. The molecule has 1 aromatic carbocycles. The molecule has 7 nitrogen and oxygen atoms in total. The van der Waals surface area contributed by atoms with E-state index in [1.54, 1.807) is 4.68 Å². The summed E-state index contributed by atoms with van der Waals surface area (Å²) in [5.74, 6) is 6.84. The number of hydrogen-bond acceptors (Lipinski definition) is 5. The standard InChI is InChI=1S/C15H18N6O/c16-21-13(22)12(10-11-6-2-1-3-7-11)20-14(17-18-19-20)15(21)8-4-5-9-15/h1-3,6-7,12H,4-5,8-10,16H2/t12-/m0/s1. The lowest BCUT2D eigenvalue weighted by molar-refractivity contribution is -0.147. The van der Waals surface area contributed by atoms with Gasteiger partial charge in [0.25, 0.3) is 5.91 Å². The molecule has 1 aromatic heterocycles. The van der Waals surface area contributed by atoms with Crippen molar-refractivity contribution in [3.05, 3.63) is 41.7 Å². The average molecular weight is 298 g/mol. The molecule has 22 heavy (non-hydrogen) atoms. The Kier molecular flexibility index (Phi) is 2.97. The number of tetrazole rings is 1. The highest BCUT2D eigenvalue weighted by Gasteiger charge is 2.52. The minimum Gasteiger partial charge on any atom is -0.271 e. The van der Waals surface area contributed by atoms with Crippen molar-refractivity contribution in [3.8, 4) is 0 Å². The van der Waals surface area contributed by atoms with Crippen LogP contribution < -0.4 is 5.84 Å². The smallest absolute Gasteiger partial charge is 0.262 e. The molecule has 1 fully saturated rings. The molecule has 1 saturated carbocycles. The van der Waals surface area contributed by atoms with E-state index in [-0.39, 0.29) is 5.91 Å². The van der Waals surface area contributed by atoms with Gasteiger partial charge in [-0.05, 0) is 28.8 Å². The second-order valence-corrected chi connectivity index (χ2v) is 6.10. The van der Waals surface area contributed by atoms with Gasteiger partial charge in [-0.2, -0.15) is 0 Å². The van der Waals surface area contributed by atoms with Crippen LogP contribution in [0, 0.1) is 0 Å². The van der Waals surface area contributed by atoms with Gasteiger partial charge < -0.3 is 0 Å². The van der Waals surface area contributed by atoms with Crippen LogP contribution in [0.4, 0.5) is 0 Å². The molecule has 0 radical (unpaired) electrons. The van der Waals surface area contributed by atoms with Gasteiger partial charge in [0.1, 0.15) is 11.6 Å². The second kappa shape index (κ2) is 4.88. The van der Waals surface area contributed by atoms with Crippen LogP contribution in [0.2, 0.25) is 0 Å². The maximum atomic E-state index is 12.8. The summed E-state index contributed by atoms with van der Waals surface area (Å²) in [6.45, 7) is 0. The van der Waals surface area contributed by atoms with Gasteiger partial charge in [-0.25, -0.2) is 10.5 Å². The Morgan fingerprint density at radius 1 is 1.23 bits per heavy atom. The normalized spacial score (nSPS) is 23.0. The van der Waals surface area contributed by atoms with Crippen molar-refractivity contribution in [3.63, 3.8) is 0 Å². The minimum absolute atomic E-state index is 0.106. The van der Waals surface area contributed by atoms with Crippen molar-refractivity contribution >= 4 is 5.91 Å². The predicted octanol–water partition coefficient (Wildman–Crippen LogP) is 0.942. The molecular weight excluding hydrogens is 280 g/mol. The molecule has 2 heterocycles. The number of nitrogens with zero attached hydrogens (tertiary/aromatic N) is 5. The molecule has 2 N–H and O–H groups in total. The molecule has 4 rings (SSSR count). The van der Waals surface area contributed by atoms with E-state index in [2.05, 4.69) is 15.5 Å². The molecule has 0 bridgehead atoms. The third kappa shape index (κ3) is 1.78. The minimum atomic E-state index is -0.520. The molecule has 2 aromatic rings. The van der Waals surface area contributed by atoms with Gasteiger partial charge in [0, 0.05) is 6.42 Å². The number of amides is 1. The molecule has 114 valence electrons. The molecule has 1 amide bonds. The van der Waals surface area contributed by atoms with Crippen molar-refractivity contribution in [1.82, 2.24) is 25.2 Å². The summed E-state index contributed by atoms with van der Waals surface area (Å²) < 4.78 is 1.68. The predicted molar refractivity (Wildman–Crippen MR) is 78.2 cm³/mol. The summed E-state index contributed by atoms with van der Waals surface area (Å²) in [4.78, 5) is 12.8. The molecular formula is C15H18N6O. The Morgan fingerprint density at radius 3 is 2.68 bits per heavy atom. The van der Waals surface area contributed by atoms with Crippen LogP contribution in [-0.2, 0) is 16.8 Å². The van der Waals surface area contributed by atoms with Crippen LogP contribution in [0.3, 0.4) is 0 Å². The molecule has 1 spiro atoms. The van der Waals surface area contributed by atoms with Crippen molar-refractivity contribution in [2.24, 2.45) is 5.84 Å². The average Bonchev–Trinajstić information content (AvgIpc) is 3.21. The number of rotatable bonds is 2. The number of aromatic nitrogens is 4. The van der Waals surface area contributed by atoms with E-state index in [9.17, 15) is 4.79 Å². The second-order valence-electron chi connectivity index (χ2n) is 6.10. The zero-order valence-corrected chi connectivity index (χ0v) is 12.2. The number of carbonyl (C=O) groups excluding carboxylic acids is 1. The molecule has 7 heteroatoms. The summed E-state index contributed by atoms with van der Waals surface area (Å²) in [6.07, 6.45) is 4.28. The lowest BCUT2D eigenvalue weighted by atomic mass is 9.90. The Morgan fingerprint density at radius 2 is 1.95 bits per heavy atom. The number of benzene rings is 1. The first-order valence-electron chi connectivity index (χ1n) is 7.63. The number of hydrogen-bond donors (Lipinski definition) is 1. The third-order valence-electron chi connectivity index (χ3n) is 4.89. The van der Waals surface area contributed by atoms with E-state index in [4.69, 9.17) is 5.84 Å². The van der Waals surface area contributed by atoms with Crippen molar-refractivity contribution in [2.75, 3.05) is 0 Å². The van der Waals surface area contributed by atoms with Crippen molar-refractivity contribution in [1.29, 1.82) is 0 Å². The van der Waals surface area contributed by atoms with Crippen LogP contribution >= 0.6 is 0 Å². The van der Waals surface area contributed by atoms with E-state index in [1.165, 1.54) is 5.01 Å². The van der Waals surface area contributed by atoms with Gasteiger partial charge in [-0.1, -0.05) is 43.2 Å². The summed E-state index contributed by atoms with van der Waals surface area (Å²) in [5, 5.41) is 13.5. The maximum Gasteiger partial charge on any atom is 0.262 e. The van der Waals surface area contributed by atoms with Crippen LogP contribution in [0.25, 0.3) is 0 Å². The monoisotopic (exact) mass is 298 g/mol. The first-order chi connectivity index (χ1) is 10.7. The maximum absolute atomic E-state index is 12.8. The van der Waals surface area contributed by atoms with Gasteiger partial charge in [0.15, 0.2) is 5.82 Å². The summed E-state index contributed by atoms with van der Waals surface area (Å²) in [6, 6.07) is 9.40. The fourth-order valence-electron chi connectivity index (χ4n) is 3.73. The zero-order valence-electron chi connectivity index (χ0n) is 12.2. The first kappa shape index (κ1) is 13.4. The Bertz CT molecular complexity index is 691. The lowest BCUT2D eigenvalue weighted by Crippen LogP contribution is -2.60. The largest absolute Gasteiger partial charge is 0.271 e. The molecule has 1 aliphatic heterocycles. The molecule has 2 aliphatic rings. The van der Waals surface area contributed by atoms with Gasteiger partial charge in [0.2, 0.25) is 0 Å². The molecule has 1 atom stereocenters. The van der Waals surface area contributed by atoms with Crippen molar-refractivity contribution in [2.45, 2.75) is 43.7 Å². The zero-order chi connectivity index (χ0) is 15.2. The number of nitrogens with two attached hydrogens (primary N) is 1. The topological polar surface area (TPSA) is 89.9 Å². The quantitative estimate of drug-likeness (QED) is 0.658. The molecule has 0 saturated heterocycles. The SMILES string of the molecule is NN1C(=O)[C@H](Cc2ccccc2)n2nnnc2C12CCCC2. The Balaban J connectivity index is 1.76. The molecule has 1 aliphatic carbocycles. The third-order valence-corrected chi connectivity index (χ3v) is 4.89. The summed E-state index contributed by atoms with van der Waals surface area (Å²) in [5.41, 5.74) is 0.548. The summed E-state index contributed by atoms with van der Waals surface area (Å²) in [7, 11) is 0. The highest BCUT2D eigenvalue weighted by Crippen LogP contribution is 2.45. The van der Waals surface area contributed by atoms with E-state index in [0.717, 1.165) is 37.1 Å². The fraction of sp³-hybridized carbons (Fsp3) is 0.467. The van der Waals surface area contributed by atoms with Gasteiger partial charge >= 0.3 is 0 Å². The summed E-state index contributed by atoms with van der Waals surface area (Å²) >= 11 is 0. The van der Waals surface area contributed by atoms with E-state index in [1.807, 2.05) is 30.3 Å².